The number of nitrogens with one attached hydrogen (secondary N) is 1. The SMILES string of the molecule is Cc1cc[c]([Al])cc1-c1ccc(NC(=O)c2c(F)cccc2F)cc1. The molecule has 0 fully saturated rings. The maximum Gasteiger partial charge on any atom is 0.261 e. The van der Waals surface area contributed by atoms with Crippen molar-refractivity contribution in [3.63, 3.8) is 0 Å². The summed E-state index contributed by atoms with van der Waals surface area (Å²) in [5.41, 5.74) is 3.10. The number of benzene rings is 3. The first-order valence-corrected chi connectivity index (χ1v) is 8.25. The minimum atomic E-state index is -0.887. The summed E-state index contributed by atoms with van der Waals surface area (Å²) in [4.78, 5) is 12.1. The summed E-state index contributed by atoms with van der Waals surface area (Å²) in [5, 5.41) is 2.52. The van der Waals surface area contributed by atoms with Gasteiger partial charge in [-0.15, -0.1) is 4.43 Å². The van der Waals surface area contributed by atoms with Gasteiger partial charge >= 0.3 is 0 Å². The van der Waals surface area contributed by atoms with Crippen molar-refractivity contribution < 1.29 is 13.6 Å². The summed E-state index contributed by atoms with van der Waals surface area (Å²) in [6, 6.07) is 16.6. The minimum Gasteiger partial charge on any atom is -0.322 e. The molecule has 0 saturated carbocycles. The molecule has 3 aromatic carbocycles. The maximum atomic E-state index is 13.7. The van der Waals surface area contributed by atoms with Crippen molar-refractivity contribution in [3.8, 4) is 11.1 Å². The Morgan fingerprint density at radius 2 is 1.60 bits per heavy atom. The van der Waals surface area contributed by atoms with Crippen molar-refractivity contribution in [1.29, 1.82) is 0 Å². The van der Waals surface area contributed by atoms with Crippen molar-refractivity contribution >= 4 is 32.3 Å². The second-order valence-electron chi connectivity index (χ2n) is 5.70. The summed E-state index contributed by atoms with van der Waals surface area (Å²) in [5.74, 6) is -2.59. The standard InChI is InChI=1S/C20H14F2NO.Al/c1-13-5-2-3-6-16(13)14-9-11-15(12-10-14)23-20(24)19-17(21)7-4-8-18(19)22;/h2,4-12H,1H3,(H,23,24);. The summed E-state index contributed by atoms with van der Waals surface area (Å²) in [6.07, 6.45) is 0. The number of hydrogen-bond donors (Lipinski definition) is 1. The molecule has 1 N–H and O–H groups in total. The maximum absolute atomic E-state index is 13.7. The van der Waals surface area contributed by atoms with Crippen molar-refractivity contribution in [2.24, 2.45) is 0 Å². The molecule has 25 heavy (non-hydrogen) atoms. The van der Waals surface area contributed by atoms with Crippen LogP contribution in [0.4, 0.5) is 14.5 Å². The van der Waals surface area contributed by atoms with Gasteiger partial charge in [-0.3, -0.25) is 4.79 Å². The van der Waals surface area contributed by atoms with E-state index in [-0.39, 0.29) is 0 Å². The van der Waals surface area contributed by atoms with Crippen LogP contribution in [0, 0.1) is 18.6 Å². The first-order chi connectivity index (χ1) is 12.0. The van der Waals surface area contributed by atoms with Crippen molar-refractivity contribution in [3.05, 3.63) is 83.4 Å². The molecule has 1 amide bonds. The fourth-order valence-corrected chi connectivity index (χ4v) is 2.85. The normalized spacial score (nSPS) is 10.5. The zero-order valence-electron chi connectivity index (χ0n) is 13.5. The number of anilines is 1. The van der Waals surface area contributed by atoms with Crippen LogP contribution in [0.3, 0.4) is 0 Å². The third-order valence-electron chi connectivity index (χ3n) is 3.91. The molecule has 0 saturated heterocycles. The molecule has 0 heterocycles. The van der Waals surface area contributed by atoms with Crippen LogP contribution in [0.25, 0.3) is 11.1 Å². The number of carbonyl (C=O) groups excluding carboxylic acids is 1. The van der Waals surface area contributed by atoms with Gasteiger partial charge in [0, 0.05) is 5.69 Å². The van der Waals surface area contributed by atoms with Gasteiger partial charge in [0.1, 0.15) is 17.2 Å². The topological polar surface area (TPSA) is 29.1 Å². The van der Waals surface area contributed by atoms with Crippen LogP contribution in [0.15, 0.2) is 60.7 Å². The Bertz CT molecular complexity index is 919. The largest absolute Gasteiger partial charge is 0.322 e. The second-order valence-corrected chi connectivity index (χ2v) is 6.37. The molecule has 0 aliphatic rings. The van der Waals surface area contributed by atoms with Crippen molar-refractivity contribution in [2.75, 3.05) is 5.32 Å². The van der Waals surface area contributed by atoms with E-state index in [4.69, 9.17) is 0 Å². The first kappa shape index (κ1) is 17.3. The van der Waals surface area contributed by atoms with Crippen LogP contribution in [-0.4, -0.2) is 22.2 Å². The van der Waals surface area contributed by atoms with Crippen molar-refractivity contribution in [1.82, 2.24) is 0 Å². The summed E-state index contributed by atoms with van der Waals surface area (Å²) < 4.78 is 28.4. The highest BCUT2D eigenvalue weighted by molar-refractivity contribution is 6.32. The Morgan fingerprint density at radius 3 is 2.24 bits per heavy atom. The molecule has 0 unspecified atom stereocenters. The molecule has 2 nitrogen and oxygen atoms in total. The van der Waals surface area contributed by atoms with Gasteiger partial charge in [0.15, 0.2) is 16.3 Å². The molecule has 2 radical (unpaired) electrons. The first-order valence-electron chi connectivity index (χ1n) is 7.67. The van der Waals surface area contributed by atoms with Gasteiger partial charge in [0.05, 0.1) is 0 Å². The lowest BCUT2D eigenvalue weighted by Gasteiger charge is -2.10. The van der Waals surface area contributed by atoms with Gasteiger partial charge in [-0.2, -0.15) is 0 Å². The predicted octanol–water partition coefficient (Wildman–Crippen LogP) is 3.99. The third-order valence-corrected chi connectivity index (χ3v) is 4.26. The highest BCUT2D eigenvalue weighted by atomic mass is 27.0. The lowest BCUT2D eigenvalue weighted by Crippen LogP contribution is -2.15. The van der Waals surface area contributed by atoms with E-state index in [1.807, 2.05) is 31.2 Å². The molecule has 0 spiro atoms. The average molecular weight is 349 g/mol. The molecule has 0 bridgehead atoms. The average Bonchev–Trinajstić information content (AvgIpc) is 2.58. The van der Waals surface area contributed by atoms with Gasteiger partial charge < -0.3 is 5.32 Å². The molecule has 0 aromatic heterocycles. The van der Waals surface area contributed by atoms with Gasteiger partial charge in [-0.25, -0.2) is 8.78 Å². The van der Waals surface area contributed by atoms with E-state index in [9.17, 15) is 13.6 Å². The van der Waals surface area contributed by atoms with Crippen LogP contribution in [0.5, 0.6) is 0 Å². The fourth-order valence-electron chi connectivity index (χ4n) is 2.59. The smallest absolute Gasteiger partial charge is 0.261 e. The zero-order valence-corrected chi connectivity index (χ0v) is 14.7. The van der Waals surface area contributed by atoms with Gasteiger partial charge in [-0.1, -0.05) is 36.4 Å². The predicted molar refractivity (Wildman–Crippen MR) is 96.3 cm³/mol. The zero-order chi connectivity index (χ0) is 18.0. The van der Waals surface area contributed by atoms with E-state index in [1.165, 1.54) is 6.07 Å². The Balaban J connectivity index is 1.84. The van der Waals surface area contributed by atoms with Crippen LogP contribution in [0.2, 0.25) is 0 Å². The van der Waals surface area contributed by atoms with E-state index in [2.05, 4.69) is 27.7 Å². The number of hydrogen-bond acceptors (Lipinski definition) is 1. The molecular weight excluding hydrogens is 335 g/mol. The number of carbonyl (C=O) groups is 1. The Labute approximate surface area is 152 Å². The Kier molecular flexibility index (Phi) is 4.99. The highest BCUT2D eigenvalue weighted by Gasteiger charge is 2.17. The number of amides is 1. The number of aryl methyl sites for hydroxylation is 1. The van der Waals surface area contributed by atoms with E-state index in [0.717, 1.165) is 33.2 Å². The molecule has 122 valence electrons. The molecule has 3 aromatic rings. The molecule has 3 rings (SSSR count). The molecule has 0 atom stereocenters. The summed E-state index contributed by atoms with van der Waals surface area (Å²) >= 11 is 2.66. The van der Waals surface area contributed by atoms with Gasteiger partial charge in [0.25, 0.3) is 5.91 Å². The molecule has 0 aliphatic carbocycles. The lowest BCUT2D eigenvalue weighted by molar-refractivity contribution is 0.101. The van der Waals surface area contributed by atoms with E-state index >= 15 is 0 Å². The van der Waals surface area contributed by atoms with Crippen LogP contribution < -0.4 is 9.74 Å². The van der Waals surface area contributed by atoms with E-state index in [1.54, 1.807) is 12.1 Å². The number of halogens is 2. The van der Waals surface area contributed by atoms with E-state index in [0.29, 0.717) is 5.69 Å². The monoisotopic (exact) mass is 349 g/mol. The molecule has 0 aliphatic heterocycles. The lowest BCUT2D eigenvalue weighted by atomic mass is 10.0. The minimum absolute atomic E-state index is 0.469. The second kappa shape index (κ2) is 7.18. The summed E-state index contributed by atoms with van der Waals surface area (Å²) in [6.45, 7) is 2.02. The van der Waals surface area contributed by atoms with E-state index < -0.39 is 23.1 Å². The summed E-state index contributed by atoms with van der Waals surface area (Å²) in [7, 11) is 0. The highest BCUT2D eigenvalue weighted by Crippen LogP contribution is 2.24. The Hall–Kier alpha value is -2.48. The number of rotatable bonds is 3. The van der Waals surface area contributed by atoms with Crippen LogP contribution >= 0.6 is 0 Å². The quantitative estimate of drug-likeness (QED) is 0.712. The van der Waals surface area contributed by atoms with Gasteiger partial charge in [0.2, 0.25) is 0 Å². The molecular formula is C20H14AlF2NO. The third kappa shape index (κ3) is 3.79. The van der Waals surface area contributed by atoms with Crippen LogP contribution in [0.1, 0.15) is 15.9 Å². The molecule has 5 heteroatoms. The Morgan fingerprint density at radius 1 is 0.960 bits per heavy atom. The van der Waals surface area contributed by atoms with Gasteiger partial charge in [-0.05, 0) is 47.9 Å². The fraction of sp³-hybridized carbons (Fsp3) is 0.0500. The van der Waals surface area contributed by atoms with Crippen molar-refractivity contribution in [2.45, 2.75) is 6.92 Å². The van der Waals surface area contributed by atoms with Crippen LogP contribution in [-0.2, 0) is 0 Å².